The minimum atomic E-state index is 0.194. The van der Waals surface area contributed by atoms with Crippen LogP contribution in [0.15, 0.2) is 24.3 Å². The van der Waals surface area contributed by atoms with E-state index in [0.29, 0.717) is 12.4 Å². The van der Waals surface area contributed by atoms with Crippen molar-refractivity contribution in [3.05, 3.63) is 35.4 Å². The highest BCUT2D eigenvalue weighted by molar-refractivity contribution is 8.00. The number of hydrogen-bond donors (Lipinski definition) is 0. The van der Waals surface area contributed by atoms with Crippen LogP contribution in [0, 0.1) is 6.92 Å². The molecule has 0 aliphatic carbocycles. The minimum Gasteiger partial charge on any atom is -0.384 e. The average molecular weight is 224 g/mol. The summed E-state index contributed by atoms with van der Waals surface area (Å²) in [7, 11) is 1.67. The second-order valence-electron chi connectivity index (χ2n) is 3.34. The van der Waals surface area contributed by atoms with Gasteiger partial charge in [-0.25, -0.2) is 0 Å². The van der Waals surface area contributed by atoms with E-state index < -0.39 is 0 Å². The quantitative estimate of drug-likeness (QED) is 0.548. The first-order valence-electron chi connectivity index (χ1n) is 4.90. The van der Waals surface area contributed by atoms with Crippen LogP contribution >= 0.6 is 11.8 Å². The molecule has 0 bridgehead atoms. The van der Waals surface area contributed by atoms with Gasteiger partial charge in [-0.05, 0) is 13.0 Å². The Kier molecular flexibility index (Phi) is 5.43. The van der Waals surface area contributed by atoms with Gasteiger partial charge in [0.25, 0.3) is 0 Å². The Morgan fingerprint density at radius 2 is 2.27 bits per heavy atom. The fourth-order valence-electron chi connectivity index (χ4n) is 1.21. The maximum atomic E-state index is 11.7. The molecular weight excluding hydrogens is 208 g/mol. The number of ketones is 1. The zero-order valence-electron chi connectivity index (χ0n) is 9.16. The van der Waals surface area contributed by atoms with Gasteiger partial charge in [0, 0.05) is 18.4 Å². The number of carbonyl (C=O) groups is 1. The van der Waals surface area contributed by atoms with Crippen LogP contribution in [0.25, 0.3) is 0 Å². The summed E-state index contributed by atoms with van der Waals surface area (Å²) in [5, 5.41) is 0. The number of methoxy groups -OCH3 is 1. The topological polar surface area (TPSA) is 26.3 Å². The van der Waals surface area contributed by atoms with Crippen molar-refractivity contribution in [3.63, 3.8) is 0 Å². The van der Waals surface area contributed by atoms with Crippen LogP contribution in [0.1, 0.15) is 15.9 Å². The molecule has 0 saturated heterocycles. The number of ether oxygens (including phenoxy) is 1. The average Bonchev–Trinajstić information content (AvgIpc) is 2.24. The Bertz CT molecular complexity index is 323. The molecule has 3 heteroatoms. The molecule has 0 spiro atoms. The van der Waals surface area contributed by atoms with E-state index >= 15 is 0 Å². The van der Waals surface area contributed by atoms with Crippen molar-refractivity contribution in [1.29, 1.82) is 0 Å². The Labute approximate surface area is 95.0 Å². The lowest BCUT2D eigenvalue weighted by atomic mass is 10.1. The molecule has 0 unspecified atom stereocenters. The molecule has 1 aromatic carbocycles. The SMILES string of the molecule is COCCSCC(=O)c1cccc(C)c1. The fourth-order valence-corrected chi connectivity index (χ4v) is 1.99. The molecule has 0 radical (unpaired) electrons. The summed E-state index contributed by atoms with van der Waals surface area (Å²) < 4.78 is 4.92. The van der Waals surface area contributed by atoms with Crippen molar-refractivity contribution >= 4 is 17.5 Å². The zero-order valence-corrected chi connectivity index (χ0v) is 9.97. The molecule has 0 saturated carbocycles. The van der Waals surface area contributed by atoms with Crippen LogP contribution in [0.4, 0.5) is 0 Å². The third-order valence-corrected chi connectivity index (χ3v) is 2.93. The summed E-state index contributed by atoms with van der Waals surface area (Å²) in [6, 6.07) is 7.71. The maximum absolute atomic E-state index is 11.7. The first kappa shape index (κ1) is 12.3. The van der Waals surface area contributed by atoms with Crippen molar-refractivity contribution in [2.75, 3.05) is 25.2 Å². The van der Waals surface area contributed by atoms with Crippen molar-refractivity contribution in [2.24, 2.45) is 0 Å². The van der Waals surface area contributed by atoms with E-state index in [1.54, 1.807) is 18.9 Å². The van der Waals surface area contributed by atoms with Crippen molar-refractivity contribution in [1.82, 2.24) is 0 Å². The lowest BCUT2D eigenvalue weighted by Gasteiger charge is -2.02. The molecule has 82 valence electrons. The van der Waals surface area contributed by atoms with E-state index in [4.69, 9.17) is 4.74 Å². The van der Waals surface area contributed by atoms with Gasteiger partial charge < -0.3 is 4.74 Å². The molecule has 0 N–H and O–H groups in total. The second kappa shape index (κ2) is 6.64. The monoisotopic (exact) mass is 224 g/mol. The first-order chi connectivity index (χ1) is 7.24. The smallest absolute Gasteiger partial charge is 0.172 e. The van der Waals surface area contributed by atoms with Crippen LogP contribution in [-0.4, -0.2) is 31.0 Å². The van der Waals surface area contributed by atoms with E-state index in [-0.39, 0.29) is 5.78 Å². The summed E-state index contributed by atoms with van der Waals surface area (Å²) in [6.07, 6.45) is 0. The van der Waals surface area contributed by atoms with E-state index in [2.05, 4.69) is 0 Å². The highest BCUT2D eigenvalue weighted by Crippen LogP contribution is 2.09. The Balaban J connectivity index is 2.40. The molecule has 0 atom stereocenters. The lowest BCUT2D eigenvalue weighted by Crippen LogP contribution is -2.04. The van der Waals surface area contributed by atoms with E-state index in [1.165, 1.54) is 0 Å². The van der Waals surface area contributed by atoms with Crippen molar-refractivity contribution in [2.45, 2.75) is 6.92 Å². The molecule has 0 aliphatic rings. The van der Waals surface area contributed by atoms with Gasteiger partial charge in [0.05, 0.1) is 12.4 Å². The number of Topliss-reactive ketones (excluding diaryl/α,β-unsaturated/α-hetero) is 1. The number of aryl methyl sites for hydroxylation is 1. The van der Waals surface area contributed by atoms with Crippen LogP contribution < -0.4 is 0 Å². The highest BCUT2D eigenvalue weighted by atomic mass is 32.2. The molecule has 1 rings (SSSR count). The van der Waals surface area contributed by atoms with Gasteiger partial charge in [0.2, 0.25) is 0 Å². The highest BCUT2D eigenvalue weighted by Gasteiger charge is 2.05. The summed E-state index contributed by atoms with van der Waals surface area (Å²) in [5.74, 6) is 1.60. The van der Waals surface area contributed by atoms with Crippen molar-refractivity contribution < 1.29 is 9.53 Å². The Morgan fingerprint density at radius 1 is 1.47 bits per heavy atom. The summed E-state index contributed by atoms with van der Waals surface area (Å²) >= 11 is 1.61. The Hall–Kier alpha value is -0.800. The van der Waals surface area contributed by atoms with Crippen LogP contribution in [0.2, 0.25) is 0 Å². The first-order valence-corrected chi connectivity index (χ1v) is 6.06. The number of thioether (sulfide) groups is 1. The molecule has 0 aromatic heterocycles. The van der Waals surface area contributed by atoms with Crippen LogP contribution in [0.5, 0.6) is 0 Å². The van der Waals surface area contributed by atoms with Crippen LogP contribution in [0.3, 0.4) is 0 Å². The second-order valence-corrected chi connectivity index (χ2v) is 4.44. The predicted octanol–water partition coefficient (Wildman–Crippen LogP) is 2.56. The third kappa shape index (κ3) is 4.49. The van der Waals surface area contributed by atoms with Gasteiger partial charge in [-0.3, -0.25) is 4.79 Å². The molecule has 1 aromatic rings. The number of carbonyl (C=O) groups excluding carboxylic acids is 1. The number of rotatable bonds is 6. The number of benzene rings is 1. The Morgan fingerprint density at radius 3 is 2.93 bits per heavy atom. The van der Waals surface area contributed by atoms with Crippen molar-refractivity contribution in [3.8, 4) is 0 Å². The van der Waals surface area contributed by atoms with Gasteiger partial charge in [-0.15, -0.1) is 0 Å². The largest absolute Gasteiger partial charge is 0.384 e. The van der Waals surface area contributed by atoms with Gasteiger partial charge in [0.15, 0.2) is 5.78 Å². The molecule has 0 heterocycles. The number of hydrogen-bond acceptors (Lipinski definition) is 3. The van der Waals surface area contributed by atoms with Gasteiger partial charge in [-0.1, -0.05) is 23.8 Å². The van der Waals surface area contributed by atoms with E-state index in [1.807, 2.05) is 31.2 Å². The third-order valence-electron chi connectivity index (χ3n) is 2.00. The summed E-state index contributed by atoms with van der Waals surface area (Å²) in [5.41, 5.74) is 1.93. The molecular formula is C12H16O2S. The summed E-state index contributed by atoms with van der Waals surface area (Å²) in [6.45, 7) is 2.70. The predicted molar refractivity (Wildman–Crippen MR) is 64.7 cm³/mol. The lowest BCUT2D eigenvalue weighted by molar-refractivity contribution is 0.102. The molecule has 2 nitrogen and oxygen atoms in total. The summed E-state index contributed by atoms with van der Waals surface area (Å²) in [4.78, 5) is 11.7. The van der Waals surface area contributed by atoms with Crippen LogP contribution in [-0.2, 0) is 4.74 Å². The molecule has 0 amide bonds. The van der Waals surface area contributed by atoms with E-state index in [0.717, 1.165) is 16.9 Å². The zero-order chi connectivity index (χ0) is 11.1. The standard InChI is InChI=1S/C12H16O2S/c1-10-4-3-5-11(8-10)12(13)9-15-7-6-14-2/h3-5,8H,6-7,9H2,1-2H3. The molecule has 0 aliphatic heterocycles. The van der Waals surface area contributed by atoms with E-state index in [9.17, 15) is 4.79 Å². The van der Waals surface area contributed by atoms with Gasteiger partial charge in [-0.2, -0.15) is 11.8 Å². The normalized spacial score (nSPS) is 10.3. The molecule has 15 heavy (non-hydrogen) atoms. The minimum absolute atomic E-state index is 0.194. The fraction of sp³-hybridized carbons (Fsp3) is 0.417. The van der Waals surface area contributed by atoms with Gasteiger partial charge in [0.1, 0.15) is 0 Å². The maximum Gasteiger partial charge on any atom is 0.172 e. The molecule has 0 fully saturated rings. The van der Waals surface area contributed by atoms with Gasteiger partial charge >= 0.3 is 0 Å².